The van der Waals surface area contributed by atoms with E-state index < -0.39 is 11.9 Å². The van der Waals surface area contributed by atoms with Gasteiger partial charge in [-0.25, -0.2) is 4.68 Å². The van der Waals surface area contributed by atoms with E-state index in [1.807, 2.05) is 4.90 Å². The molecule has 1 aromatic rings. The van der Waals surface area contributed by atoms with Gasteiger partial charge in [-0.3, -0.25) is 9.59 Å². The maximum Gasteiger partial charge on any atom is 0.308 e. The summed E-state index contributed by atoms with van der Waals surface area (Å²) < 4.78 is 6.47. The number of aliphatic carboxylic acids is 1. The lowest BCUT2D eigenvalue weighted by Gasteiger charge is -2.18. The maximum absolute atomic E-state index is 12.0. The highest BCUT2D eigenvalue weighted by Crippen LogP contribution is 2.19. The first kappa shape index (κ1) is 14.5. The molecule has 0 amide bonds. The molecule has 0 spiro atoms. The van der Waals surface area contributed by atoms with E-state index >= 15 is 0 Å². The van der Waals surface area contributed by atoms with Crippen molar-refractivity contribution in [3.8, 4) is 0 Å². The first-order valence-electron chi connectivity index (χ1n) is 6.59. The number of anilines is 1. The third kappa shape index (κ3) is 3.16. The number of methoxy groups -OCH3 is 1. The van der Waals surface area contributed by atoms with Crippen molar-refractivity contribution in [3.63, 3.8) is 0 Å². The van der Waals surface area contributed by atoms with Crippen molar-refractivity contribution in [3.05, 3.63) is 22.6 Å². The predicted octanol–water partition coefficient (Wildman–Crippen LogP) is 0.189. The highest BCUT2D eigenvalue weighted by molar-refractivity contribution is 5.69. The van der Waals surface area contributed by atoms with Crippen molar-refractivity contribution in [2.45, 2.75) is 26.0 Å². The third-order valence-electron chi connectivity index (χ3n) is 3.57. The van der Waals surface area contributed by atoms with Gasteiger partial charge in [0.15, 0.2) is 0 Å². The largest absolute Gasteiger partial charge is 0.481 e. The Labute approximate surface area is 116 Å². The molecule has 20 heavy (non-hydrogen) atoms. The average Bonchev–Trinajstić information content (AvgIpc) is 2.89. The van der Waals surface area contributed by atoms with Gasteiger partial charge in [0.05, 0.1) is 30.5 Å². The Hall–Kier alpha value is -1.89. The van der Waals surface area contributed by atoms with Gasteiger partial charge < -0.3 is 14.7 Å². The monoisotopic (exact) mass is 281 g/mol. The molecule has 0 radical (unpaired) electrons. The number of ether oxygens (including phenoxy) is 1. The molecule has 1 saturated heterocycles. The summed E-state index contributed by atoms with van der Waals surface area (Å²) in [6, 6.07) is 1.50. The summed E-state index contributed by atoms with van der Waals surface area (Å²) in [5.74, 6) is -1.58. The summed E-state index contributed by atoms with van der Waals surface area (Å²) in [7, 11) is 1.68. The van der Waals surface area contributed by atoms with E-state index in [1.165, 1.54) is 10.7 Å². The van der Waals surface area contributed by atoms with Crippen molar-refractivity contribution >= 4 is 11.7 Å². The quantitative estimate of drug-likeness (QED) is 0.829. The number of carboxylic acids is 1. The fraction of sp³-hybridized carbons (Fsp3) is 0.615. The Kier molecular flexibility index (Phi) is 4.39. The standard InChI is InChI=1S/C13H19N3O4/c1-9(13(18)19)7-16-12(17)5-10(6-14-16)15-4-3-11(8-15)20-2/h5-6,9,11H,3-4,7-8H2,1-2H3,(H,18,19). The van der Waals surface area contributed by atoms with E-state index in [0.717, 1.165) is 25.2 Å². The molecular formula is C13H19N3O4. The van der Waals surface area contributed by atoms with E-state index in [4.69, 9.17) is 9.84 Å². The first-order chi connectivity index (χ1) is 9.51. The minimum Gasteiger partial charge on any atom is -0.481 e. The molecule has 0 saturated carbocycles. The number of aromatic nitrogens is 2. The SMILES string of the molecule is COC1CCN(c2cnn(CC(C)C(=O)O)c(=O)c2)C1. The molecule has 1 aliphatic heterocycles. The van der Waals surface area contributed by atoms with Crippen LogP contribution in [-0.2, 0) is 16.1 Å². The van der Waals surface area contributed by atoms with Crippen molar-refractivity contribution in [2.75, 3.05) is 25.1 Å². The van der Waals surface area contributed by atoms with Crippen molar-refractivity contribution in [1.82, 2.24) is 9.78 Å². The molecule has 2 atom stereocenters. The number of hydrogen-bond acceptors (Lipinski definition) is 5. The zero-order valence-electron chi connectivity index (χ0n) is 11.7. The molecule has 1 aromatic heterocycles. The van der Waals surface area contributed by atoms with Gasteiger partial charge in [-0.2, -0.15) is 5.10 Å². The molecule has 2 rings (SSSR count). The van der Waals surface area contributed by atoms with Crippen molar-refractivity contribution < 1.29 is 14.6 Å². The van der Waals surface area contributed by atoms with Gasteiger partial charge in [0, 0.05) is 26.3 Å². The molecule has 0 aliphatic carbocycles. The number of carbonyl (C=O) groups is 1. The lowest BCUT2D eigenvalue weighted by atomic mass is 10.2. The van der Waals surface area contributed by atoms with E-state index in [-0.39, 0.29) is 18.2 Å². The lowest BCUT2D eigenvalue weighted by molar-refractivity contribution is -0.141. The molecule has 7 heteroatoms. The number of nitrogens with zero attached hydrogens (tertiary/aromatic N) is 3. The molecule has 2 unspecified atom stereocenters. The second-order valence-electron chi connectivity index (χ2n) is 5.07. The van der Waals surface area contributed by atoms with Crippen LogP contribution in [0.25, 0.3) is 0 Å². The second kappa shape index (κ2) is 6.04. The summed E-state index contributed by atoms with van der Waals surface area (Å²) >= 11 is 0. The highest BCUT2D eigenvalue weighted by atomic mass is 16.5. The first-order valence-corrected chi connectivity index (χ1v) is 6.59. The Morgan fingerprint density at radius 1 is 1.65 bits per heavy atom. The second-order valence-corrected chi connectivity index (χ2v) is 5.07. The van der Waals surface area contributed by atoms with Crippen molar-refractivity contribution in [1.29, 1.82) is 0 Å². The fourth-order valence-corrected chi connectivity index (χ4v) is 2.23. The van der Waals surface area contributed by atoms with Gasteiger partial charge in [-0.1, -0.05) is 6.92 Å². The number of carboxylic acid groups (broad SMARTS) is 1. The van der Waals surface area contributed by atoms with Crippen LogP contribution in [0.15, 0.2) is 17.1 Å². The van der Waals surface area contributed by atoms with Crippen LogP contribution >= 0.6 is 0 Å². The Morgan fingerprint density at radius 2 is 2.40 bits per heavy atom. The summed E-state index contributed by atoms with van der Waals surface area (Å²) in [6.45, 7) is 3.20. The normalized spacial score (nSPS) is 20.1. The molecular weight excluding hydrogens is 262 g/mol. The number of hydrogen-bond donors (Lipinski definition) is 1. The van der Waals surface area contributed by atoms with Crippen LogP contribution in [0.5, 0.6) is 0 Å². The van der Waals surface area contributed by atoms with Crippen LogP contribution in [0.4, 0.5) is 5.69 Å². The molecule has 1 fully saturated rings. The lowest BCUT2D eigenvalue weighted by Crippen LogP contribution is -2.30. The van der Waals surface area contributed by atoms with Gasteiger partial charge in [-0.05, 0) is 6.42 Å². The van der Waals surface area contributed by atoms with Crippen LogP contribution in [0.2, 0.25) is 0 Å². The van der Waals surface area contributed by atoms with E-state index in [1.54, 1.807) is 20.2 Å². The van der Waals surface area contributed by atoms with Crippen LogP contribution < -0.4 is 10.5 Å². The molecule has 0 bridgehead atoms. The molecule has 7 nitrogen and oxygen atoms in total. The predicted molar refractivity (Wildman–Crippen MR) is 72.9 cm³/mol. The Bertz CT molecular complexity index is 543. The summed E-state index contributed by atoms with van der Waals surface area (Å²) in [4.78, 5) is 24.8. The zero-order chi connectivity index (χ0) is 14.7. The van der Waals surface area contributed by atoms with Crippen LogP contribution in [0.1, 0.15) is 13.3 Å². The third-order valence-corrected chi connectivity index (χ3v) is 3.57. The van der Waals surface area contributed by atoms with Gasteiger partial charge >= 0.3 is 5.97 Å². The van der Waals surface area contributed by atoms with Gasteiger partial charge in [0.25, 0.3) is 5.56 Å². The molecule has 2 heterocycles. The fourth-order valence-electron chi connectivity index (χ4n) is 2.23. The van der Waals surface area contributed by atoms with Gasteiger partial charge in [0.2, 0.25) is 0 Å². The minimum absolute atomic E-state index is 0.0785. The summed E-state index contributed by atoms with van der Waals surface area (Å²) in [6.07, 6.45) is 2.72. The molecule has 1 aliphatic rings. The van der Waals surface area contributed by atoms with E-state index in [2.05, 4.69) is 5.10 Å². The van der Waals surface area contributed by atoms with Crippen LogP contribution in [0, 0.1) is 5.92 Å². The highest BCUT2D eigenvalue weighted by Gasteiger charge is 2.23. The van der Waals surface area contributed by atoms with E-state index in [9.17, 15) is 9.59 Å². The zero-order valence-corrected chi connectivity index (χ0v) is 11.7. The average molecular weight is 281 g/mol. The maximum atomic E-state index is 12.0. The van der Waals surface area contributed by atoms with Gasteiger partial charge in [-0.15, -0.1) is 0 Å². The Morgan fingerprint density at radius 3 is 2.95 bits per heavy atom. The summed E-state index contributed by atoms with van der Waals surface area (Å²) in [5, 5.41) is 12.9. The molecule has 110 valence electrons. The molecule has 1 N–H and O–H groups in total. The van der Waals surface area contributed by atoms with Gasteiger partial charge in [0.1, 0.15) is 0 Å². The van der Waals surface area contributed by atoms with Crippen molar-refractivity contribution in [2.24, 2.45) is 5.92 Å². The molecule has 0 aromatic carbocycles. The minimum atomic E-state index is -0.940. The van der Waals surface area contributed by atoms with Crippen LogP contribution in [-0.4, -0.2) is 47.2 Å². The van der Waals surface area contributed by atoms with Crippen LogP contribution in [0.3, 0.4) is 0 Å². The number of rotatable bonds is 5. The Balaban J connectivity index is 2.10. The topological polar surface area (TPSA) is 84.7 Å². The smallest absolute Gasteiger partial charge is 0.308 e. The van der Waals surface area contributed by atoms with E-state index in [0.29, 0.717) is 0 Å². The summed E-state index contributed by atoms with van der Waals surface area (Å²) in [5.41, 5.74) is 0.477.